The number of halogens is 3. The summed E-state index contributed by atoms with van der Waals surface area (Å²) in [5.41, 5.74) is 1.68. The van der Waals surface area contributed by atoms with Gasteiger partial charge in [-0.25, -0.2) is 4.39 Å². The maximum Gasteiger partial charge on any atom is 0.240 e. The molecule has 6 nitrogen and oxygen atoms in total. The fourth-order valence-electron chi connectivity index (χ4n) is 2.42. The maximum atomic E-state index is 13.0. The first-order valence-electron chi connectivity index (χ1n) is 8.42. The third-order valence-electron chi connectivity index (χ3n) is 3.91. The van der Waals surface area contributed by atoms with E-state index in [0.717, 1.165) is 11.8 Å². The van der Waals surface area contributed by atoms with Crippen LogP contribution < -0.4 is 10.6 Å². The summed E-state index contributed by atoms with van der Waals surface area (Å²) in [6, 6.07) is 10.5. The van der Waals surface area contributed by atoms with Crippen LogP contribution in [0.3, 0.4) is 0 Å². The summed E-state index contributed by atoms with van der Waals surface area (Å²) in [6.45, 7) is 1.72. The lowest BCUT2D eigenvalue weighted by Gasteiger charge is -2.09. The molecule has 1 atom stereocenters. The van der Waals surface area contributed by atoms with Crippen LogP contribution in [0.1, 0.15) is 18.9 Å². The molecule has 0 spiro atoms. The Labute approximate surface area is 180 Å². The van der Waals surface area contributed by atoms with E-state index in [0.29, 0.717) is 32.2 Å². The van der Waals surface area contributed by atoms with Gasteiger partial charge < -0.3 is 10.6 Å². The van der Waals surface area contributed by atoms with Crippen molar-refractivity contribution in [3.63, 3.8) is 0 Å². The van der Waals surface area contributed by atoms with E-state index in [9.17, 15) is 14.0 Å². The van der Waals surface area contributed by atoms with Gasteiger partial charge in [0.15, 0.2) is 5.17 Å². The zero-order valence-corrected chi connectivity index (χ0v) is 17.4. The van der Waals surface area contributed by atoms with Crippen LogP contribution in [0.2, 0.25) is 10.0 Å². The number of rotatable bonds is 5. The molecule has 3 rings (SSSR count). The van der Waals surface area contributed by atoms with Gasteiger partial charge >= 0.3 is 0 Å². The number of nitrogens with zero attached hydrogens (tertiary/aromatic N) is 2. The molecule has 0 aliphatic carbocycles. The van der Waals surface area contributed by atoms with Crippen LogP contribution in [0.5, 0.6) is 0 Å². The first-order chi connectivity index (χ1) is 13.8. The first-order valence-corrected chi connectivity index (χ1v) is 10.1. The molecule has 2 aromatic carbocycles. The lowest BCUT2D eigenvalue weighted by Crippen LogP contribution is -2.28. The summed E-state index contributed by atoms with van der Waals surface area (Å²) in [4.78, 5) is 24.4. The largest absolute Gasteiger partial charge is 0.325 e. The highest BCUT2D eigenvalue weighted by Crippen LogP contribution is 2.27. The van der Waals surface area contributed by atoms with Gasteiger partial charge in [-0.3, -0.25) is 9.59 Å². The highest BCUT2D eigenvalue weighted by atomic mass is 35.5. The molecule has 0 bridgehead atoms. The van der Waals surface area contributed by atoms with Gasteiger partial charge in [0.25, 0.3) is 0 Å². The molecular formula is C19H15Cl2FN4O2S. The van der Waals surface area contributed by atoms with Crippen LogP contribution in [-0.2, 0) is 9.59 Å². The zero-order valence-electron chi connectivity index (χ0n) is 15.1. The number of benzene rings is 2. The molecule has 1 saturated heterocycles. The Morgan fingerprint density at radius 1 is 1.24 bits per heavy atom. The molecule has 1 unspecified atom stereocenters. The molecule has 2 amide bonds. The standard InChI is InChI=1S/C19H15Cl2FN4O2S/c1-10(11-2-5-13(22)6-3-11)25-26-19-24-18(28)16(29-19)9-17(27)23-15-7-4-12(20)8-14(15)21/h2-8,16H,9H2,1H3,(H,23,27)(H,24,26,28)/b25-10+. The van der Waals surface area contributed by atoms with Gasteiger partial charge in [-0.15, -0.1) is 5.10 Å². The molecule has 0 aromatic heterocycles. The summed E-state index contributed by atoms with van der Waals surface area (Å²) in [5.74, 6) is -1.04. The number of hydrogen-bond donors (Lipinski definition) is 2. The van der Waals surface area contributed by atoms with Gasteiger partial charge in [-0.05, 0) is 42.8 Å². The van der Waals surface area contributed by atoms with Crippen molar-refractivity contribution in [3.05, 3.63) is 63.9 Å². The van der Waals surface area contributed by atoms with Crippen molar-refractivity contribution < 1.29 is 14.0 Å². The van der Waals surface area contributed by atoms with E-state index in [4.69, 9.17) is 23.2 Å². The molecule has 0 saturated carbocycles. The fraction of sp³-hybridized carbons (Fsp3) is 0.158. The van der Waals surface area contributed by atoms with Crippen LogP contribution in [0, 0.1) is 5.82 Å². The second-order valence-electron chi connectivity index (χ2n) is 6.07. The lowest BCUT2D eigenvalue weighted by molar-refractivity contribution is -0.122. The Kier molecular flexibility index (Phi) is 6.89. The Morgan fingerprint density at radius 3 is 2.66 bits per heavy atom. The van der Waals surface area contributed by atoms with Gasteiger partial charge in [-0.1, -0.05) is 47.1 Å². The number of carbonyl (C=O) groups is 2. The molecule has 150 valence electrons. The molecule has 0 radical (unpaired) electrons. The molecule has 29 heavy (non-hydrogen) atoms. The third kappa shape index (κ3) is 5.79. The predicted octanol–water partition coefficient (Wildman–Crippen LogP) is 4.47. The second kappa shape index (κ2) is 9.39. The molecule has 2 N–H and O–H groups in total. The third-order valence-corrected chi connectivity index (χ3v) is 5.53. The molecule has 1 heterocycles. The predicted molar refractivity (Wildman–Crippen MR) is 115 cm³/mol. The molecule has 1 fully saturated rings. The number of thioether (sulfide) groups is 1. The fourth-order valence-corrected chi connectivity index (χ4v) is 3.79. The van der Waals surface area contributed by atoms with Crippen molar-refractivity contribution in [3.8, 4) is 0 Å². The topological polar surface area (TPSA) is 82.9 Å². The molecule has 1 aliphatic heterocycles. The highest BCUT2D eigenvalue weighted by Gasteiger charge is 2.32. The zero-order chi connectivity index (χ0) is 21.0. The Balaban J connectivity index is 1.60. The average molecular weight is 453 g/mol. The SMILES string of the molecule is C/C(=N\N=C1/NC(=O)C(CC(=O)Nc2ccc(Cl)cc2Cl)S1)c1ccc(F)cc1. The van der Waals surface area contributed by atoms with Crippen molar-refractivity contribution in [1.29, 1.82) is 0 Å². The molecule has 1 aliphatic rings. The smallest absolute Gasteiger partial charge is 0.240 e. The van der Waals surface area contributed by atoms with Crippen molar-refractivity contribution in [1.82, 2.24) is 5.32 Å². The summed E-state index contributed by atoms with van der Waals surface area (Å²) in [7, 11) is 0. The van der Waals surface area contributed by atoms with E-state index in [2.05, 4.69) is 20.8 Å². The Morgan fingerprint density at radius 2 is 1.97 bits per heavy atom. The number of anilines is 1. The van der Waals surface area contributed by atoms with E-state index < -0.39 is 5.25 Å². The minimum absolute atomic E-state index is 0.0604. The number of nitrogens with one attached hydrogen (secondary N) is 2. The minimum atomic E-state index is -0.638. The van der Waals surface area contributed by atoms with E-state index in [1.165, 1.54) is 18.2 Å². The number of carbonyl (C=O) groups excluding carboxylic acids is 2. The number of amides is 2. The summed E-state index contributed by atoms with van der Waals surface area (Å²) < 4.78 is 13.0. The monoisotopic (exact) mass is 452 g/mol. The van der Waals surface area contributed by atoms with Crippen molar-refractivity contribution >= 4 is 63.3 Å². The number of amidine groups is 1. The maximum absolute atomic E-state index is 13.0. The van der Waals surface area contributed by atoms with E-state index in [-0.39, 0.29) is 24.1 Å². The lowest BCUT2D eigenvalue weighted by atomic mass is 10.1. The van der Waals surface area contributed by atoms with Gasteiger partial charge in [0.05, 0.1) is 16.4 Å². The Hall–Kier alpha value is -2.42. The van der Waals surface area contributed by atoms with Crippen LogP contribution in [0.4, 0.5) is 10.1 Å². The quantitative estimate of drug-likeness (QED) is 0.518. The molecular weight excluding hydrogens is 438 g/mol. The average Bonchev–Trinajstić information content (AvgIpc) is 3.02. The van der Waals surface area contributed by atoms with E-state index >= 15 is 0 Å². The van der Waals surface area contributed by atoms with E-state index in [1.54, 1.807) is 31.2 Å². The highest BCUT2D eigenvalue weighted by molar-refractivity contribution is 8.15. The van der Waals surface area contributed by atoms with Crippen LogP contribution in [0.25, 0.3) is 0 Å². The van der Waals surface area contributed by atoms with Crippen LogP contribution in [-0.4, -0.2) is 27.9 Å². The summed E-state index contributed by atoms with van der Waals surface area (Å²) >= 11 is 13.0. The Bertz CT molecular complexity index is 1010. The number of hydrogen-bond acceptors (Lipinski definition) is 5. The second-order valence-corrected chi connectivity index (χ2v) is 8.10. The van der Waals surface area contributed by atoms with Gasteiger partial charge in [0.1, 0.15) is 11.1 Å². The first kappa shape index (κ1) is 21.3. The van der Waals surface area contributed by atoms with Crippen LogP contribution >= 0.6 is 35.0 Å². The minimum Gasteiger partial charge on any atom is -0.325 e. The van der Waals surface area contributed by atoms with Crippen LogP contribution in [0.15, 0.2) is 52.7 Å². The molecule has 10 heteroatoms. The van der Waals surface area contributed by atoms with Gasteiger partial charge in [-0.2, -0.15) is 5.10 Å². The molecule has 2 aromatic rings. The van der Waals surface area contributed by atoms with Gasteiger partial charge in [0.2, 0.25) is 11.8 Å². The van der Waals surface area contributed by atoms with Crippen molar-refractivity contribution in [2.45, 2.75) is 18.6 Å². The summed E-state index contributed by atoms with van der Waals surface area (Å²) in [6.07, 6.45) is -0.0604. The summed E-state index contributed by atoms with van der Waals surface area (Å²) in [5, 5.41) is 13.7. The van der Waals surface area contributed by atoms with Gasteiger partial charge in [0, 0.05) is 11.4 Å². The van der Waals surface area contributed by atoms with Crippen molar-refractivity contribution in [2.24, 2.45) is 10.2 Å². The normalized spacial score (nSPS) is 18.1. The van der Waals surface area contributed by atoms with E-state index in [1.807, 2.05) is 0 Å². The van der Waals surface area contributed by atoms with Crippen molar-refractivity contribution in [2.75, 3.05) is 5.32 Å².